The zero-order chi connectivity index (χ0) is 12.9. The Bertz CT molecular complexity index is 476. The second-order valence-corrected chi connectivity index (χ2v) is 5.14. The van der Waals surface area contributed by atoms with Crippen LogP contribution in [-0.4, -0.2) is 26.7 Å². The maximum atomic E-state index is 13.2. The van der Waals surface area contributed by atoms with Gasteiger partial charge in [-0.05, 0) is 31.0 Å². The summed E-state index contributed by atoms with van der Waals surface area (Å²) in [6.45, 7) is 0.0227. The van der Waals surface area contributed by atoms with Crippen LogP contribution in [0.25, 0.3) is 0 Å². The van der Waals surface area contributed by atoms with Crippen LogP contribution in [0.3, 0.4) is 0 Å². The summed E-state index contributed by atoms with van der Waals surface area (Å²) in [7, 11) is -4.04. The number of aliphatic hydroxyl groups excluding tert-OH is 1. The van der Waals surface area contributed by atoms with Gasteiger partial charge in [-0.2, -0.15) is 0 Å². The summed E-state index contributed by atoms with van der Waals surface area (Å²) in [6, 6.07) is 2.24. The van der Waals surface area contributed by atoms with E-state index in [0.717, 1.165) is 12.1 Å². The minimum atomic E-state index is -4.04. The van der Waals surface area contributed by atoms with Crippen LogP contribution in [0.1, 0.15) is 12.8 Å². The molecule has 0 saturated carbocycles. The van der Waals surface area contributed by atoms with E-state index in [2.05, 4.69) is 4.72 Å². The van der Waals surface area contributed by atoms with E-state index in [-0.39, 0.29) is 13.2 Å². The smallest absolute Gasteiger partial charge is 0.243 e. The number of halogens is 2. The molecule has 0 bridgehead atoms. The molecule has 0 aliphatic heterocycles. The summed E-state index contributed by atoms with van der Waals surface area (Å²) >= 11 is 0. The first-order chi connectivity index (χ1) is 7.97. The van der Waals surface area contributed by atoms with Gasteiger partial charge in [0, 0.05) is 13.2 Å². The summed E-state index contributed by atoms with van der Waals surface area (Å²) in [5.74, 6) is -1.82. The maximum Gasteiger partial charge on any atom is 0.243 e. The summed E-state index contributed by atoms with van der Waals surface area (Å²) in [5.41, 5.74) is 0. The van der Waals surface area contributed by atoms with Gasteiger partial charge in [-0.3, -0.25) is 0 Å². The summed E-state index contributed by atoms with van der Waals surface area (Å²) in [6.07, 6.45) is 0.862. The first-order valence-electron chi connectivity index (χ1n) is 5.03. The minimum Gasteiger partial charge on any atom is -0.396 e. The summed E-state index contributed by atoms with van der Waals surface area (Å²) in [4.78, 5) is -0.707. The van der Waals surface area contributed by atoms with Gasteiger partial charge in [0.2, 0.25) is 10.0 Å². The fraction of sp³-hybridized carbons (Fsp3) is 0.400. The molecule has 1 aromatic rings. The summed E-state index contributed by atoms with van der Waals surface area (Å²) in [5, 5.41) is 8.51. The molecule has 2 N–H and O–H groups in total. The molecule has 0 radical (unpaired) electrons. The monoisotopic (exact) mass is 265 g/mol. The Morgan fingerprint density at radius 2 is 1.94 bits per heavy atom. The van der Waals surface area contributed by atoms with Gasteiger partial charge < -0.3 is 5.11 Å². The van der Waals surface area contributed by atoms with Crippen molar-refractivity contribution in [2.75, 3.05) is 13.2 Å². The van der Waals surface area contributed by atoms with E-state index >= 15 is 0 Å². The van der Waals surface area contributed by atoms with E-state index in [1.807, 2.05) is 0 Å². The average Bonchev–Trinajstić information content (AvgIpc) is 2.28. The van der Waals surface area contributed by atoms with Crippen molar-refractivity contribution in [3.8, 4) is 0 Å². The number of hydrogen-bond donors (Lipinski definition) is 2. The van der Waals surface area contributed by atoms with E-state index in [1.54, 1.807) is 0 Å². The lowest BCUT2D eigenvalue weighted by Crippen LogP contribution is -2.26. The van der Waals surface area contributed by atoms with Gasteiger partial charge in [-0.15, -0.1) is 0 Å². The Labute approximate surface area is 98.3 Å². The number of aliphatic hydroxyl groups is 1. The fourth-order valence-electron chi connectivity index (χ4n) is 1.20. The van der Waals surface area contributed by atoms with E-state index in [0.29, 0.717) is 18.9 Å². The number of nitrogens with one attached hydrogen (secondary N) is 1. The van der Waals surface area contributed by atoms with E-state index in [4.69, 9.17) is 5.11 Å². The topological polar surface area (TPSA) is 66.4 Å². The molecule has 0 aromatic heterocycles. The number of sulfonamides is 1. The third-order valence-corrected chi connectivity index (χ3v) is 3.54. The van der Waals surface area contributed by atoms with Crippen molar-refractivity contribution in [3.63, 3.8) is 0 Å². The molecule has 17 heavy (non-hydrogen) atoms. The molecule has 0 saturated heterocycles. The Morgan fingerprint density at radius 1 is 1.24 bits per heavy atom. The first-order valence-corrected chi connectivity index (χ1v) is 6.51. The van der Waals surface area contributed by atoms with Crippen LogP contribution in [-0.2, 0) is 10.0 Å². The Kier molecular flexibility index (Phi) is 4.98. The molecule has 0 heterocycles. The largest absolute Gasteiger partial charge is 0.396 e. The minimum absolute atomic E-state index is 0.0456. The lowest BCUT2D eigenvalue weighted by atomic mass is 10.3. The highest BCUT2D eigenvalue weighted by Gasteiger charge is 2.19. The second-order valence-electron chi connectivity index (χ2n) is 3.40. The zero-order valence-corrected chi connectivity index (χ0v) is 9.80. The van der Waals surface area contributed by atoms with Crippen molar-refractivity contribution < 1.29 is 22.3 Å². The average molecular weight is 265 g/mol. The molecule has 1 rings (SSSR count). The van der Waals surface area contributed by atoms with Crippen LogP contribution in [0, 0.1) is 11.6 Å². The zero-order valence-electron chi connectivity index (χ0n) is 8.99. The molecule has 0 aliphatic rings. The molecule has 1 aromatic carbocycles. The van der Waals surface area contributed by atoms with Crippen LogP contribution in [0.2, 0.25) is 0 Å². The highest BCUT2D eigenvalue weighted by molar-refractivity contribution is 7.89. The molecule has 0 unspecified atom stereocenters. The lowest BCUT2D eigenvalue weighted by Gasteiger charge is -2.07. The highest BCUT2D eigenvalue weighted by Crippen LogP contribution is 2.15. The van der Waals surface area contributed by atoms with Gasteiger partial charge in [0.05, 0.1) is 0 Å². The van der Waals surface area contributed by atoms with Crippen molar-refractivity contribution in [1.29, 1.82) is 0 Å². The Balaban J connectivity index is 2.79. The van der Waals surface area contributed by atoms with Crippen molar-refractivity contribution in [2.24, 2.45) is 0 Å². The van der Waals surface area contributed by atoms with Gasteiger partial charge in [-0.1, -0.05) is 0 Å². The first kappa shape index (κ1) is 14.0. The SMILES string of the molecule is O=S(=O)(NCCCCO)c1cc(F)ccc1F. The Morgan fingerprint density at radius 3 is 2.59 bits per heavy atom. The van der Waals surface area contributed by atoms with Crippen molar-refractivity contribution in [1.82, 2.24) is 4.72 Å². The molecular formula is C10H13F2NO3S. The number of hydrogen-bond acceptors (Lipinski definition) is 3. The van der Waals surface area contributed by atoms with Crippen molar-refractivity contribution in [2.45, 2.75) is 17.7 Å². The third-order valence-electron chi connectivity index (χ3n) is 2.06. The molecular weight excluding hydrogens is 252 g/mol. The van der Waals surface area contributed by atoms with Gasteiger partial charge in [0.1, 0.15) is 16.5 Å². The van der Waals surface area contributed by atoms with Gasteiger partial charge in [0.25, 0.3) is 0 Å². The number of unbranched alkanes of at least 4 members (excludes halogenated alkanes) is 1. The molecule has 7 heteroatoms. The molecule has 0 atom stereocenters. The molecule has 0 aliphatic carbocycles. The lowest BCUT2D eigenvalue weighted by molar-refractivity contribution is 0.285. The second kappa shape index (κ2) is 6.04. The van der Waals surface area contributed by atoms with Gasteiger partial charge in [0.15, 0.2) is 0 Å². The van der Waals surface area contributed by atoms with Crippen LogP contribution in [0.15, 0.2) is 23.1 Å². The van der Waals surface area contributed by atoms with Crippen molar-refractivity contribution >= 4 is 10.0 Å². The van der Waals surface area contributed by atoms with E-state index in [1.165, 1.54) is 0 Å². The van der Waals surface area contributed by atoms with Crippen LogP contribution >= 0.6 is 0 Å². The fourth-order valence-corrected chi connectivity index (χ4v) is 2.37. The normalized spacial score (nSPS) is 11.7. The molecule has 0 fully saturated rings. The predicted octanol–water partition coefficient (Wildman–Crippen LogP) is 1.02. The molecule has 0 amide bonds. The van der Waals surface area contributed by atoms with Gasteiger partial charge in [-0.25, -0.2) is 21.9 Å². The Hall–Kier alpha value is -1.05. The molecule has 96 valence electrons. The van der Waals surface area contributed by atoms with Crippen molar-refractivity contribution in [3.05, 3.63) is 29.8 Å². The van der Waals surface area contributed by atoms with Gasteiger partial charge >= 0.3 is 0 Å². The van der Waals surface area contributed by atoms with Crippen LogP contribution < -0.4 is 4.72 Å². The predicted molar refractivity (Wildman–Crippen MR) is 57.9 cm³/mol. The maximum absolute atomic E-state index is 13.2. The highest BCUT2D eigenvalue weighted by atomic mass is 32.2. The standard InChI is InChI=1S/C10H13F2NO3S/c11-8-3-4-9(12)10(7-8)17(15,16)13-5-1-2-6-14/h3-4,7,13-14H,1-2,5-6H2. The summed E-state index contributed by atoms with van der Waals surface area (Å²) < 4.78 is 51.4. The number of rotatable bonds is 6. The number of benzene rings is 1. The molecule has 4 nitrogen and oxygen atoms in total. The quantitative estimate of drug-likeness (QED) is 0.755. The van der Waals surface area contributed by atoms with Crippen LogP contribution in [0.4, 0.5) is 8.78 Å². The van der Waals surface area contributed by atoms with E-state index in [9.17, 15) is 17.2 Å². The third kappa shape index (κ3) is 4.03. The molecule has 0 spiro atoms. The van der Waals surface area contributed by atoms with E-state index < -0.39 is 26.6 Å². The van der Waals surface area contributed by atoms with Crippen LogP contribution in [0.5, 0.6) is 0 Å².